The molecule has 0 bridgehead atoms. The van der Waals surface area contributed by atoms with Crippen molar-refractivity contribution in [3.63, 3.8) is 0 Å². The third-order valence-electron chi connectivity index (χ3n) is 6.42. The largest absolute Gasteiger partial charge is 0.493 e. The number of hydrogen-bond donors (Lipinski definition) is 1. The van der Waals surface area contributed by atoms with Crippen LogP contribution in [0.3, 0.4) is 0 Å². The van der Waals surface area contributed by atoms with Crippen LogP contribution in [0.4, 0.5) is 5.95 Å². The Kier molecular flexibility index (Phi) is 8.75. The minimum absolute atomic E-state index is 0.0736. The molecule has 0 fully saturated rings. The normalized spacial score (nSPS) is 14.5. The number of ketones is 1. The smallest absolute Gasteiger partial charge is 0.227 e. The molecule has 1 unspecified atom stereocenters. The van der Waals surface area contributed by atoms with Gasteiger partial charge in [0.1, 0.15) is 12.6 Å². The summed E-state index contributed by atoms with van der Waals surface area (Å²) >= 11 is 17.8. The molecule has 0 saturated heterocycles. The predicted octanol–water partition coefficient (Wildman–Crippen LogP) is 8.11. The van der Waals surface area contributed by atoms with Gasteiger partial charge in [-0.3, -0.25) is 4.79 Å². The van der Waals surface area contributed by atoms with Crippen LogP contribution in [0.5, 0.6) is 11.5 Å². The number of carbonyl (C=O) groups is 1. The summed E-state index contributed by atoms with van der Waals surface area (Å²) in [5.41, 5.74) is 3.93. The first-order chi connectivity index (χ1) is 19.3. The first-order valence-corrected chi connectivity index (χ1v) is 14.9. The lowest BCUT2D eigenvalue weighted by molar-refractivity contribution is -0.114. The number of anilines is 1. The van der Waals surface area contributed by atoms with E-state index in [-0.39, 0.29) is 12.4 Å². The van der Waals surface area contributed by atoms with Crippen molar-refractivity contribution in [3.8, 4) is 11.5 Å². The van der Waals surface area contributed by atoms with Crippen LogP contribution in [-0.4, -0.2) is 27.7 Å². The van der Waals surface area contributed by atoms with Crippen molar-refractivity contribution in [2.75, 3.05) is 12.4 Å². The first kappa shape index (κ1) is 28.5. The van der Waals surface area contributed by atoms with Crippen molar-refractivity contribution in [3.05, 3.63) is 103 Å². The monoisotopic (exact) mass is 658 g/mol. The molecular formula is C29H25BrCl2N4O3S. The van der Waals surface area contributed by atoms with E-state index in [0.29, 0.717) is 54.1 Å². The summed E-state index contributed by atoms with van der Waals surface area (Å²) in [7, 11) is 1.58. The maximum Gasteiger partial charge on any atom is 0.227 e. The van der Waals surface area contributed by atoms with E-state index < -0.39 is 6.04 Å². The average Bonchev–Trinajstić information content (AvgIpc) is 3.33. The molecule has 0 aliphatic carbocycles. The maximum absolute atomic E-state index is 12.9. The van der Waals surface area contributed by atoms with Crippen molar-refractivity contribution >= 4 is 62.6 Å². The Morgan fingerprint density at radius 1 is 1.10 bits per heavy atom. The second-order valence-electron chi connectivity index (χ2n) is 9.08. The number of thioether (sulfide) groups is 1. The first-order valence-electron chi connectivity index (χ1n) is 12.3. The minimum Gasteiger partial charge on any atom is -0.493 e. The van der Waals surface area contributed by atoms with Gasteiger partial charge in [0.25, 0.3) is 0 Å². The number of halogens is 3. The molecule has 0 radical (unpaired) electrons. The highest BCUT2D eigenvalue weighted by Gasteiger charge is 2.34. The van der Waals surface area contributed by atoms with E-state index in [1.54, 1.807) is 18.7 Å². The van der Waals surface area contributed by atoms with E-state index >= 15 is 0 Å². The van der Waals surface area contributed by atoms with Crippen molar-refractivity contribution in [2.45, 2.75) is 37.4 Å². The molecule has 7 nitrogen and oxygen atoms in total. The van der Waals surface area contributed by atoms with Gasteiger partial charge < -0.3 is 14.8 Å². The number of carbonyl (C=O) groups excluding carboxylic acids is 1. The Labute approximate surface area is 255 Å². The Bertz CT molecular complexity index is 1620. The average molecular weight is 660 g/mol. The molecule has 11 heteroatoms. The lowest BCUT2D eigenvalue weighted by atomic mass is 9.93. The van der Waals surface area contributed by atoms with Gasteiger partial charge in [-0.2, -0.15) is 4.98 Å². The molecule has 1 atom stereocenters. The molecule has 1 aromatic heterocycles. The van der Waals surface area contributed by atoms with Gasteiger partial charge in [0, 0.05) is 32.6 Å². The molecule has 206 valence electrons. The summed E-state index contributed by atoms with van der Waals surface area (Å²) in [6, 6.07) is 18.4. The molecule has 40 heavy (non-hydrogen) atoms. The molecule has 0 saturated carbocycles. The summed E-state index contributed by atoms with van der Waals surface area (Å²) in [6.07, 6.45) is 0. The van der Waals surface area contributed by atoms with Gasteiger partial charge in [-0.25, -0.2) is 4.68 Å². The number of ether oxygens (including phenoxy) is 2. The number of methoxy groups -OCH3 is 1. The fourth-order valence-electron chi connectivity index (χ4n) is 4.52. The molecular weight excluding hydrogens is 635 g/mol. The standard InChI is InChI=1S/C29H25BrCl2N4O3S/c1-16-25(17(2)37)26(36-28(33-16)34-29(35-36)40-15-19-9-5-7-11-23(19)32)20-12-21(30)27(24(13-20)38-3)39-14-18-8-4-6-10-22(18)31/h4-13,26H,14-15H2,1-3H3,(H,33,34,35). The Morgan fingerprint density at radius 3 is 2.42 bits per heavy atom. The number of rotatable bonds is 9. The number of aromatic nitrogens is 3. The molecule has 0 spiro atoms. The van der Waals surface area contributed by atoms with Crippen molar-refractivity contribution in [1.29, 1.82) is 0 Å². The molecule has 4 aromatic rings. The third-order valence-corrected chi connectivity index (χ3v) is 8.64. The predicted molar refractivity (Wildman–Crippen MR) is 163 cm³/mol. The zero-order chi connectivity index (χ0) is 28.4. The highest BCUT2D eigenvalue weighted by atomic mass is 79.9. The zero-order valence-electron chi connectivity index (χ0n) is 21.9. The summed E-state index contributed by atoms with van der Waals surface area (Å²) in [4.78, 5) is 17.6. The van der Waals surface area contributed by atoms with Gasteiger partial charge in [-0.15, -0.1) is 5.10 Å². The van der Waals surface area contributed by atoms with Gasteiger partial charge in [0.05, 0.1) is 11.6 Å². The molecule has 5 rings (SSSR count). The number of nitrogens with zero attached hydrogens (tertiary/aromatic N) is 3. The molecule has 2 heterocycles. The van der Waals surface area contributed by atoms with E-state index in [0.717, 1.165) is 16.7 Å². The Balaban J connectivity index is 1.49. The van der Waals surface area contributed by atoms with E-state index in [1.807, 2.05) is 67.6 Å². The van der Waals surface area contributed by atoms with Crippen LogP contribution in [0.1, 0.15) is 36.6 Å². The van der Waals surface area contributed by atoms with Gasteiger partial charge >= 0.3 is 0 Å². The Hall–Kier alpha value is -2.98. The fraction of sp³-hybridized carbons (Fsp3) is 0.207. The van der Waals surface area contributed by atoms with Gasteiger partial charge in [-0.05, 0) is 65.2 Å². The van der Waals surface area contributed by atoms with Crippen LogP contribution in [0.25, 0.3) is 0 Å². The third kappa shape index (κ3) is 5.88. The lowest BCUT2D eigenvalue weighted by Gasteiger charge is -2.28. The number of Topliss-reactive ketones (excluding diaryl/α,β-unsaturated/α-hetero) is 1. The van der Waals surface area contributed by atoms with Gasteiger partial charge in [-0.1, -0.05) is 71.4 Å². The zero-order valence-corrected chi connectivity index (χ0v) is 25.8. The van der Waals surface area contributed by atoms with Crippen molar-refractivity contribution < 1.29 is 14.3 Å². The summed E-state index contributed by atoms with van der Waals surface area (Å²) in [5, 5.41) is 9.92. The number of hydrogen-bond acceptors (Lipinski definition) is 7. The summed E-state index contributed by atoms with van der Waals surface area (Å²) in [5.74, 6) is 2.11. The molecule has 1 N–H and O–H groups in total. The van der Waals surface area contributed by atoms with Crippen LogP contribution < -0.4 is 14.8 Å². The topological polar surface area (TPSA) is 78.3 Å². The number of benzene rings is 3. The second-order valence-corrected chi connectivity index (χ2v) is 11.7. The van der Waals surface area contributed by atoms with Gasteiger partial charge in [0.2, 0.25) is 11.1 Å². The highest BCUT2D eigenvalue weighted by molar-refractivity contribution is 9.10. The van der Waals surface area contributed by atoms with E-state index in [4.69, 9.17) is 42.8 Å². The fourth-order valence-corrected chi connectivity index (χ4v) is 6.40. The molecule has 1 aliphatic heterocycles. The second kappa shape index (κ2) is 12.3. The quantitative estimate of drug-likeness (QED) is 0.182. The van der Waals surface area contributed by atoms with E-state index in [1.165, 1.54) is 11.8 Å². The number of nitrogens with one attached hydrogen (secondary N) is 1. The SMILES string of the molecule is COc1cc(C2C(C(C)=O)=C(C)Nc3nc(SCc4ccccc4Cl)nn32)cc(Br)c1OCc1ccccc1Cl. The van der Waals surface area contributed by atoms with Gasteiger partial charge in [0.15, 0.2) is 17.3 Å². The summed E-state index contributed by atoms with van der Waals surface area (Å²) < 4.78 is 14.3. The molecule has 3 aromatic carbocycles. The van der Waals surface area contributed by atoms with Crippen LogP contribution in [0, 0.1) is 0 Å². The Morgan fingerprint density at radius 2 is 1.77 bits per heavy atom. The van der Waals surface area contributed by atoms with Crippen LogP contribution >= 0.6 is 50.9 Å². The van der Waals surface area contributed by atoms with Crippen molar-refractivity contribution in [2.24, 2.45) is 0 Å². The number of fused-ring (bicyclic) bond motifs is 1. The molecule has 1 aliphatic rings. The number of allylic oxidation sites excluding steroid dienone is 2. The van der Waals surface area contributed by atoms with E-state index in [2.05, 4.69) is 21.2 Å². The van der Waals surface area contributed by atoms with E-state index in [9.17, 15) is 4.79 Å². The highest BCUT2D eigenvalue weighted by Crippen LogP contribution is 2.43. The lowest BCUT2D eigenvalue weighted by Crippen LogP contribution is -2.28. The van der Waals surface area contributed by atoms with Crippen LogP contribution in [-0.2, 0) is 17.2 Å². The van der Waals surface area contributed by atoms with Crippen LogP contribution in [0.15, 0.2) is 81.6 Å². The maximum atomic E-state index is 12.9. The van der Waals surface area contributed by atoms with Crippen LogP contribution in [0.2, 0.25) is 10.0 Å². The minimum atomic E-state index is -0.529. The summed E-state index contributed by atoms with van der Waals surface area (Å²) in [6.45, 7) is 3.68. The van der Waals surface area contributed by atoms with Crippen molar-refractivity contribution in [1.82, 2.24) is 14.8 Å². The molecule has 0 amide bonds.